The molecule has 0 atom stereocenters. The number of hydrogen-bond donors (Lipinski definition) is 0. The molecule has 0 aromatic carbocycles. The summed E-state index contributed by atoms with van der Waals surface area (Å²) in [7, 11) is 0. The molecule has 2 saturated heterocycles. The zero-order valence-corrected chi connectivity index (χ0v) is 12.5. The average molecular weight is 252 g/mol. The van der Waals surface area contributed by atoms with Crippen LogP contribution >= 0.6 is 0 Å². The Morgan fingerprint density at radius 1 is 0.889 bits per heavy atom. The zero-order chi connectivity index (χ0) is 12.8. The van der Waals surface area contributed by atoms with E-state index in [1.807, 2.05) is 0 Å². The minimum absolute atomic E-state index is 0.855. The van der Waals surface area contributed by atoms with E-state index < -0.39 is 0 Å². The van der Waals surface area contributed by atoms with Crippen LogP contribution in [0.3, 0.4) is 0 Å². The van der Waals surface area contributed by atoms with Crippen molar-refractivity contribution in [3.63, 3.8) is 0 Å². The molecule has 18 heavy (non-hydrogen) atoms. The van der Waals surface area contributed by atoms with Gasteiger partial charge in [0.25, 0.3) is 0 Å². The normalized spacial score (nSPS) is 24.8. The van der Waals surface area contributed by atoms with Crippen LogP contribution in [0, 0.1) is 5.92 Å². The van der Waals surface area contributed by atoms with Gasteiger partial charge in [0.2, 0.25) is 0 Å². The predicted octanol–water partition coefficient (Wildman–Crippen LogP) is 3.37. The molecule has 0 aromatic heterocycles. The third-order valence-corrected chi connectivity index (χ3v) is 4.91. The smallest absolute Gasteiger partial charge is 0.00902 e. The first-order valence-electron chi connectivity index (χ1n) is 8.29. The van der Waals surface area contributed by atoms with Gasteiger partial charge in [-0.05, 0) is 44.7 Å². The number of nitrogens with zero attached hydrogens (tertiary/aromatic N) is 2. The Morgan fingerprint density at radius 2 is 1.44 bits per heavy atom. The minimum Gasteiger partial charge on any atom is -0.303 e. The average Bonchev–Trinajstić information content (AvgIpc) is 2.29. The van der Waals surface area contributed by atoms with Crippen molar-refractivity contribution in [1.29, 1.82) is 0 Å². The zero-order valence-electron chi connectivity index (χ0n) is 12.5. The first-order chi connectivity index (χ1) is 8.83. The van der Waals surface area contributed by atoms with E-state index in [1.54, 1.807) is 0 Å². The molecule has 106 valence electrons. The molecular weight excluding hydrogens is 220 g/mol. The van der Waals surface area contributed by atoms with Crippen molar-refractivity contribution in [3.05, 3.63) is 0 Å². The Bertz CT molecular complexity index is 211. The quantitative estimate of drug-likeness (QED) is 0.740. The molecule has 2 aliphatic rings. The summed E-state index contributed by atoms with van der Waals surface area (Å²) < 4.78 is 0. The maximum atomic E-state index is 2.74. The Hall–Kier alpha value is -0.0800. The second-order valence-electron chi connectivity index (χ2n) is 6.36. The highest BCUT2D eigenvalue weighted by molar-refractivity contribution is 4.86. The molecule has 2 aliphatic heterocycles. The molecule has 0 radical (unpaired) electrons. The van der Waals surface area contributed by atoms with E-state index in [-0.39, 0.29) is 0 Å². The van der Waals surface area contributed by atoms with E-state index in [0.29, 0.717) is 0 Å². The van der Waals surface area contributed by atoms with Crippen LogP contribution in [0.4, 0.5) is 0 Å². The molecule has 0 unspecified atom stereocenters. The molecule has 2 rings (SSSR count). The minimum atomic E-state index is 0.855. The van der Waals surface area contributed by atoms with Gasteiger partial charge in [0.15, 0.2) is 0 Å². The highest BCUT2D eigenvalue weighted by atomic mass is 15.2. The van der Waals surface area contributed by atoms with Gasteiger partial charge in [-0.15, -0.1) is 0 Å². The van der Waals surface area contributed by atoms with Crippen molar-refractivity contribution in [2.75, 3.05) is 32.7 Å². The highest BCUT2D eigenvalue weighted by Gasteiger charge is 2.31. The molecule has 2 nitrogen and oxygen atoms in total. The fourth-order valence-electron chi connectivity index (χ4n) is 3.69. The van der Waals surface area contributed by atoms with Gasteiger partial charge in [-0.1, -0.05) is 33.1 Å². The molecule has 2 fully saturated rings. The fourth-order valence-corrected chi connectivity index (χ4v) is 3.69. The largest absolute Gasteiger partial charge is 0.303 e. The second-order valence-corrected chi connectivity index (χ2v) is 6.36. The van der Waals surface area contributed by atoms with Crippen LogP contribution in [0.25, 0.3) is 0 Å². The summed E-state index contributed by atoms with van der Waals surface area (Å²) in [5.74, 6) is 0.963. The fraction of sp³-hybridized carbons (Fsp3) is 1.00. The summed E-state index contributed by atoms with van der Waals surface area (Å²) in [6, 6.07) is 0.855. The van der Waals surface area contributed by atoms with Crippen LogP contribution in [-0.2, 0) is 0 Å². The van der Waals surface area contributed by atoms with Gasteiger partial charge in [0.1, 0.15) is 0 Å². The Morgan fingerprint density at radius 3 is 2.00 bits per heavy atom. The molecule has 2 heterocycles. The van der Waals surface area contributed by atoms with Crippen molar-refractivity contribution in [2.24, 2.45) is 5.92 Å². The monoisotopic (exact) mass is 252 g/mol. The lowest BCUT2D eigenvalue weighted by Gasteiger charge is -2.46. The Kier molecular flexibility index (Phi) is 5.97. The SMILES string of the molecule is CCC(CC)N1CC(CN2CCCCCCC2)C1. The van der Waals surface area contributed by atoms with E-state index in [2.05, 4.69) is 23.6 Å². The molecule has 0 N–H and O–H groups in total. The first-order valence-corrected chi connectivity index (χ1v) is 8.29. The number of likely N-dealkylation sites (tertiary alicyclic amines) is 2. The van der Waals surface area contributed by atoms with Crippen LogP contribution in [0.15, 0.2) is 0 Å². The molecule has 0 spiro atoms. The summed E-state index contributed by atoms with van der Waals surface area (Å²) in [6.07, 6.45) is 9.91. The van der Waals surface area contributed by atoms with E-state index in [4.69, 9.17) is 0 Å². The van der Waals surface area contributed by atoms with E-state index in [9.17, 15) is 0 Å². The Balaban J connectivity index is 1.65. The molecule has 0 aliphatic carbocycles. The van der Waals surface area contributed by atoms with Gasteiger partial charge in [-0.3, -0.25) is 4.90 Å². The standard InChI is InChI=1S/C16H32N2/c1-3-16(4-2)18-13-15(14-18)12-17-10-8-6-5-7-9-11-17/h15-16H,3-14H2,1-2H3. The number of rotatable bonds is 5. The van der Waals surface area contributed by atoms with E-state index >= 15 is 0 Å². The van der Waals surface area contributed by atoms with E-state index in [1.165, 1.54) is 77.7 Å². The summed E-state index contributed by atoms with van der Waals surface area (Å²) in [4.78, 5) is 5.45. The topological polar surface area (TPSA) is 6.48 Å². The number of hydrogen-bond acceptors (Lipinski definition) is 2. The molecular formula is C16H32N2. The highest BCUT2D eigenvalue weighted by Crippen LogP contribution is 2.23. The van der Waals surface area contributed by atoms with Gasteiger partial charge >= 0.3 is 0 Å². The maximum Gasteiger partial charge on any atom is 0.00902 e. The molecule has 0 amide bonds. The summed E-state index contributed by atoms with van der Waals surface area (Å²) >= 11 is 0. The molecule has 0 aromatic rings. The van der Waals surface area contributed by atoms with Gasteiger partial charge in [-0.25, -0.2) is 0 Å². The van der Waals surface area contributed by atoms with Crippen LogP contribution < -0.4 is 0 Å². The molecule has 2 heteroatoms. The van der Waals surface area contributed by atoms with Crippen molar-refractivity contribution in [3.8, 4) is 0 Å². The third-order valence-electron chi connectivity index (χ3n) is 4.91. The maximum absolute atomic E-state index is 2.74. The summed E-state index contributed by atoms with van der Waals surface area (Å²) in [6.45, 7) is 11.5. The Labute approximate surface area is 114 Å². The third kappa shape index (κ3) is 3.96. The van der Waals surface area contributed by atoms with Crippen LogP contribution in [0.5, 0.6) is 0 Å². The van der Waals surface area contributed by atoms with Crippen molar-refractivity contribution < 1.29 is 0 Å². The van der Waals surface area contributed by atoms with Gasteiger partial charge < -0.3 is 4.90 Å². The first kappa shape index (κ1) is 14.3. The lowest BCUT2D eigenvalue weighted by atomic mass is 9.94. The predicted molar refractivity (Wildman–Crippen MR) is 79.0 cm³/mol. The van der Waals surface area contributed by atoms with Crippen LogP contribution in [-0.4, -0.2) is 48.6 Å². The van der Waals surface area contributed by atoms with E-state index in [0.717, 1.165) is 12.0 Å². The summed E-state index contributed by atoms with van der Waals surface area (Å²) in [5.41, 5.74) is 0. The molecule has 0 bridgehead atoms. The molecule has 0 saturated carbocycles. The van der Waals surface area contributed by atoms with Crippen molar-refractivity contribution in [2.45, 2.75) is 64.8 Å². The van der Waals surface area contributed by atoms with Crippen molar-refractivity contribution >= 4 is 0 Å². The van der Waals surface area contributed by atoms with Gasteiger partial charge in [0, 0.05) is 25.7 Å². The second kappa shape index (κ2) is 7.49. The van der Waals surface area contributed by atoms with Gasteiger partial charge in [0.05, 0.1) is 0 Å². The lowest BCUT2D eigenvalue weighted by Crippen LogP contribution is -2.55. The van der Waals surface area contributed by atoms with Crippen LogP contribution in [0.1, 0.15) is 58.8 Å². The van der Waals surface area contributed by atoms with Gasteiger partial charge in [-0.2, -0.15) is 0 Å². The van der Waals surface area contributed by atoms with Crippen molar-refractivity contribution in [1.82, 2.24) is 9.80 Å². The summed E-state index contributed by atoms with van der Waals surface area (Å²) in [5, 5.41) is 0. The van der Waals surface area contributed by atoms with Crippen LogP contribution in [0.2, 0.25) is 0 Å². The lowest BCUT2D eigenvalue weighted by molar-refractivity contribution is 0.0259.